The van der Waals surface area contributed by atoms with Crippen LogP contribution in [0.5, 0.6) is 0 Å². The lowest BCUT2D eigenvalue weighted by molar-refractivity contribution is -0.398. The molecule has 0 radical (unpaired) electrons. The van der Waals surface area contributed by atoms with Gasteiger partial charge in [0.25, 0.3) is 0 Å². The Morgan fingerprint density at radius 3 is 1.95 bits per heavy atom. The fraction of sp³-hybridized carbons (Fsp3) is 0.930. The summed E-state index contributed by atoms with van der Waals surface area (Å²) in [6.07, 6.45) is -19.5. The van der Waals surface area contributed by atoms with Crippen LogP contribution in [0.15, 0.2) is 12.2 Å². The zero-order valence-corrected chi connectivity index (χ0v) is 36.2. The van der Waals surface area contributed by atoms with Gasteiger partial charge in [-0.05, 0) is 86.5 Å². The van der Waals surface area contributed by atoms with Gasteiger partial charge in [-0.1, -0.05) is 26.8 Å². The molecule has 0 aromatic rings. The van der Waals surface area contributed by atoms with Crippen LogP contribution in [0.3, 0.4) is 0 Å². The molecule has 12 N–H and O–H groups in total. The number of hydrogen-bond donors (Lipinski definition) is 12. The molecule has 1 spiro atoms. The highest BCUT2D eigenvalue weighted by molar-refractivity contribution is 5.77. The lowest BCUT2D eigenvalue weighted by Crippen LogP contribution is -2.67. The highest BCUT2D eigenvalue weighted by atomic mass is 16.8. The minimum Gasteiger partial charge on any atom is -0.462 e. The second-order valence-corrected chi connectivity index (χ2v) is 20.0. The largest absolute Gasteiger partial charge is 0.462 e. The van der Waals surface area contributed by atoms with Crippen molar-refractivity contribution in [2.75, 3.05) is 33.0 Å². The molecule has 7 aliphatic rings. The average molecular weight is 907 g/mol. The topological polar surface area (TPSA) is 324 Å². The molecular weight excluding hydrogens is 836 g/mol. The number of hydrogen-bond acceptors (Lipinski definition) is 20. The summed E-state index contributed by atoms with van der Waals surface area (Å²) in [6, 6.07) is 0. The monoisotopic (exact) mass is 906 g/mol. The third-order valence-corrected chi connectivity index (χ3v) is 16.4. The lowest BCUT2D eigenvalue weighted by Gasteiger charge is -2.64. The molecule has 7 fully saturated rings. The summed E-state index contributed by atoms with van der Waals surface area (Å²) in [4.78, 5) is 13.9. The molecule has 2 bridgehead atoms. The van der Waals surface area contributed by atoms with Crippen molar-refractivity contribution in [1.29, 1.82) is 0 Å². The molecular formula is C43H70O20. The van der Waals surface area contributed by atoms with E-state index in [1.165, 1.54) is 0 Å². The van der Waals surface area contributed by atoms with Crippen molar-refractivity contribution >= 4 is 5.97 Å². The maximum atomic E-state index is 13.9. The Morgan fingerprint density at radius 1 is 0.714 bits per heavy atom. The van der Waals surface area contributed by atoms with E-state index >= 15 is 0 Å². The first-order valence-electron chi connectivity index (χ1n) is 22.4. The van der Waals surface area contributed by atoms with E-state index in [0.29, 0.717) is 44.9 Å². The highest BCUT2D eigenvalue weighted by Gasteiger charge is 2.69. The minimum atomic E-state index is -1.90. The molecule has 3 saturated heterocycles. The lowest BCUT2D eigenvalue weighted by atomic mass is 9.41. The van der Waals surface area contributed by atoms with Crippen molar-refractivity contribution < 1.29 is 99.2 Å². The Hall–Kier alpha value is -1.51. The molecule has 362 valence electrons. The molecule has 0 amide bonds. The molecule has 23 atom stereocenters. The van der Waals surface area contributed by atoms with E-state index in [9.17, 15) is 66.1 Å². The van der Waals surface area contributed by atoms with E-state index < -0.39 is 154 Å². The molecule has 4 saturated carbocycles. The molecule has 63 heavy (non-hydrogen) atoms. The van der Waals surface area contributed by atoms with Crippen LogP contribution in [0.1, 0.15) is 78.6 Å². The normalized spacial score (nSPS) is 50.9. The van der Waals surface area contributed by atoms with Gasteiger partial charge in [0, 0.05) is 5.92 Å². The predicted octanol–water partition coefficient (Wildman–Crippen LogP) is -2.92. The van der Waals surface area contributed by atoms with Gasteiger partial charge in [0.05, 0.1) is 49.7 Å². The fourth-order valence-electron chi connectivity index (χ4n) is 12.9. The smallest absolute Gasteiger partial charge is 0.312 e. The number of aliphatic hydroxyl groups is 12. The maximum Gasteiger partial charge on any atom is 0.312 e. The zero-order chi connectivity index (χ0) is 46.0. The number of rotatable bonds is 14. The molecule has 0 unspecified atom stereocenters. The predicted molar refractivity (Wildman–Crippen MR) is 212 cm³/mol. The van der Waals surface area contributed by atoms with Crippen molar-refractivity contribution in [1.82, 2.24) is 0 Å². The van der Waals surface area contributed by atoms with E-state index in [-0.39, 0.29) is 22.7 Å². The third-order valence-electron chi connectivity index (χ3n) is 16.4. The van der Waals surface area contributed by atoms with E-state index in [1.807, 2.05) is 6.92 Å². The maximum absolute atomic E-state index is 13.9. The SMILES string of the molecule is C=C1C[C@@]23CC[C@H]4[C@@](C)(CCC[C@@]4(C)C(=O)OC[C@H](O)[C@H](O)CO)[C@@H]2CC[C@]1(O[C@@H]1O[C@H](CO)[C@@H](O)[C@H](O[C@@H]2O[C@H](CO)[C@@H](C)[C@H](O)[C@H]2O)[C@H]1O[C@@H]1O[C@H](CO)[C@@H](O)[C@H](O)[C@H]1O)C3. The summed E-state index contributed by atoms with van der Waals surface area (Å²) in [5, 5.41) is 126. The van der Waals surface area contributed by atoms with Gasteiger partial charge in [-0.3, -0.25) is 4.79 Å². The zero-order valence-electron chi connectivity index (χ0n) is 36.2. The quantitative estimate of drug-likeness (QED) is 0.0472. The van der Waals surface area contributed by atoms with Crippen molar-refractivity contribution in [2.24, 2.45) is 34.0 Å². The highest BCUT2D eigenvalue weighted by Crippen LogP contribution is 2.73. The molecule has 0 aromatic carbocycles. The van der Waals surface area contributed by atoms with Crippen LogP contribution in [0, 0.1) is 34.0 Å². The summed E-state index contributed by atoms with van der Waals surface area (Å²) in [6.45, 7) is 7.04. The van der Waals surface area contributed by atoms with Crippen molar-refractivity contribution in [2.45, 2.75) is 182 Å². The Bertz CT molecular complexity index is 1600. The van der Waals surface area contributed by atoms with Gasteiger partial charge in [0.15, 0.2) is 18.9 Å². The van der Waals surface area contributed by atoms with Crippen LogP contribution >= 0.6 is 0 Å². The summed E-state index contributed by atoms with van der Waals surface area (Å²) in [5.41, 5.74) is -1.83. The van der Waals surface area contributed by atoms with Crippen LogP contribution in [0.25, 0.3) is 0 Å². The molecule has 3 heterocycles. The Labute approximate surface area is 366 Å². The van der Waals surface area contributed by atoms with E-state index in [0.717, 1.165) is 18.4 Å². The van der Waals surface area contributed by atoms with Crippen LogP contribution in [-0.4, -0.2) is 204 Å². The number of aliphatic hydroxyl groups excluding tert-OH is 12. The van der Waals surface area contributed by atoms with E-state index in [4.69, 9.17) is 33.2 Å². The van der Waals surface area contributed by atoms with Crippen LogP contribution in [0.2, 0.25) is 0 Å². The van der Waals surface area contributed by atoms with Crippen molar-refractivity contribution in [3.8, 4) is 0 Å². The van der Waals surface area contributed by atoms with Crippen molar-refractivity contribution in [3.05, 3.63) is 12.2 Å². The first-order valence-corrected chi connectivity index (χ1v) is 22.4. The second-order valence-electron chi connectivity index (χ2n) is 20.0. The fourth-order valence-corrected chi connectivity index (χ4v) is 12.9. The Kier molecular flexibility index (Phi) is 14.8. The second kappa shape index (κ2) is 18.9. The van der Waals surface area contributed by atoms with Crippen LogP contribution in [0.4, 0.5) is 0 Å². The van der Waals surface area contributed by atoms with Gasteiger partial charge in [-0.15, -0.1) is 0 Å². The molecule has 20 heteroatoms. The summed E-state index contributed by atoms with van der Waals surface area (Å²) in [7, 11) is 0. The summed E-state index contributed by atoms with van der Waals surface area (Å²) < 4.78 is 42.9. The molecule has 4 aliphatic carbocycles. The van der Waals surface area contributed by atoms with Crippen molar-refractivity contribution in [3.63, 3.8) is 0 Å². The van der Waals surface area contributed by atoms with Gasteiger partial charge in [0.2, 0.25) is 0 Å². The van der Waals surface area contributed by atoms with E-state index in [2.05, 4.69) is 13.5 Å². The van der Waals surface area contributed by atoms with Gasteiger partial charge in [-0.25, -0.2) is 0 Å². The summed E-state index contributed by atoms with van der Waals surface area (Å²) >= 11 is 0. The molecule has 20 nitrogen and oxygen atoms in total. The first-order chi connectivity index (χ1) is 29.7. The number of carbonyl (C=O) groups excluding carboxylic acids is 1. The number of fused-ring (bicyclic) bond motifs is 3. The first kappa shape index (κ1) is 49.4. The summed E-state index contributed by atoms with van der Waals surface area (Å²) in [5.74, 6) is -1.14. The molecule has 0 aromatic heterocycles. The number of ether oxygens (including phenoxy) is 7. The molecule has 7 rings (SSSR count). The van der Waals surface area contributed by atoms with Gasteiger partial charge >= 0.3 is 5.97 Å². The standard InChI is InChI=1S/C43H70O20/c1-19-12-42-10-6-26-40(3,8-5-9-41(26,4)39(56)57-17-22(49)21(48)13-44)27(42)7-11-43(19,18-42)63-38-35(62-37-33(55)31(53)29(51)24(15-46)59-37)34(30(52)25(16-47)60-38)61-36-32(54)28(50)20(2)23(14-45)58-36/h20-38,44-55H,1,5-18H2,2-4H3/t20-,21-,22+,23-,24-,25-,26+,27+,28+,29-,30-,31+,32-,33-,34+,35-,36+,37+,38+,40-,41-,42-,43+/m1/s1. The van der Waals surface area contributed by atoms with Gasteiger partial charge in [0.1, 0.15) is 73.8 Å². The Morgan fingerprint density at radius 2 is 1.30 bits per heavy atom. The molecule has 3 aliphatic heterocycles. The average Bonchev–Trinajstić information content (AvgIpc) is 3.46. The van der Waals surface area contributed by atoms with Gasteiger partial charge in [-0.2, -0.15) is 0 Å². The Balaban J connectivity index is 1.17. The van der Waals surface area contributed by atoms with Crippen LogP contribution < -0.4 is 0 Å². The number of carbonyl (C=O) groups is 1. The minimum absolute atomic E-state index is 0.0731. The third kappa shape index (κ3) is 8.56. The van der Waals surface area contributed by atoms with Crippen LogP contribution in [-0.2, 0) is 38.0 Å². The number of esters is 1. The van der Waals surface area contributed by atoms with Gasteiger partial charge < -0.3 is 94.4 Å². The van der Waals surface area contributed by atoms with E-state index in [1.54, 1.807) is 6.92 Å².